The van der Waals surface area contributed by atoms with Gasteiger partial charge in [-0.2, -0.15) is 0 Å². The van der Waals surface area contributed by atoms with Gasteiger partial charge in [0.1, 0.15) is 0 Å². The van der Waals surface area contributed by atoms with E-state index in [9.17, 15) is 0 Å². The van der Waals surface area contributed by atoms with Crippen LogP contribution >= 0.6 is 11.8 Å². The topological polar surface area (TPSA) is 12.4 Å². The van der Waals surface area contributed by atoms with E-state index in [2.05, 4.69) is 68.6 Å². The van der Waals surface area contributed by atoms with Crippen LogP contribution < -0.4 is 0 Å². The summed E-state index contributed by atoms with van der Waals surface area (Å²) in [7, 11) is 0. The SMILES string of the molecule is CSC(Cc1ccc(C)cc1)=Nc1ccc(C)cc1. The van der Waals surface area contributed by atoms with E-state index in [1.807, 2.05) is 0 Å². The van der Waals surface area contributed by atoms with Crippen molar-refractivity contribution in [3.05, 3.63) is 65.2 Å². The van der Waals surface area contributed by atoms with Crippen molar-refractivity contribution in [3.8, 4) is 0 Å². The average molecular weight is 269 g/mol. The summed E-state index contributed by atoms with van der Waals surface area (Å²) in [6.45, 7) is 4.20. The molecule has 0 unspecified atom stereocenters. The smallest absolute Gasteiger partial charge is 0.0779 e. The second-order valence-corrected chi connectivity index (χ2v) is 5.59. The van der Waals surface area contributed by atoms with Crippen LogP contribution in [-0.2, 0) is 6.42 Å². The van der Waals surface area contributed by atoms with Crippen LogP contribution in [0, 0.1) is 13.8 Å². The Morgan fingerprint density at radius 1 is 0.895 bits per heavy atom. The van der Waals surface area contributed by atoms with Crippen molar-refractivity contribution in [1.29, 1.82) is 0 Å². The highest BCUT2D eigenvalue weighted by Crippen LogP contribution is 2.17. The van der Waals surface area contributed by atoms with Crippen molar-refractivity contribution < 1.29 is 0 Å². The number of benzene rings is 2. The molecule has 0 spiro atoms. The van der Waals surface area contributed by atoms with Crippen LogP contribution in [0.4, 0.5) is 5.69 Å². The zero-order valence-corrected chi connectivity index (χ0v) is 12.5. The summed E-state index contributed by atoms with van der Waals surface area (Å²) in [5.41, 5.74) is 4.90. The molecule has 0 saturated heterocycles. The first-order valence-corrected chi connectivity index (χ1v) is 7.63. The third-order valence-electron chi connectivity index (χ3n) is 3.00. The Morgan fingerprint density at radius 2 is 1.42 bits per heavy atom. The first-order chi connectivity index (χ1) is 9.17. The predicted octanol–water partition coefficient (Wildman–Crippen LogP) is 4.94. The highest BCUT2D eigenvalue weighted by Gasteiger charge is 2.01. The maximum atomic E-state index is 4.72. The van der Waals surface area contributed by atoms with Gasteiger partial charge in [-0.15, -0.1) is 11.8 Å². The molecule has 0 saturated carbocycles. The van der Waals surface area contributed by atoms with Gasteiger partial charge < -0.3 is 0 Å². The number of rotatable bonds is 3. The van der Waals surface area contributed by atoms with Crippen molar-refractivity contribution in [2.45, 2.75) is 20.3 Å². The second-order valence-electron chi connectivity index (χ2n) is 4.71. The lowest BCUT2D eigenvalue weighted by atomic mass is 10.1. The largest absolute Gasteiger partial charge is 0.246 e. The lowest BCUT2D eigenvalue weighted by Crippen LogP contribution is -1.97. The molecule has 2 heteroatoms. The fraction of sp³-hybridized carbons (Fsp3) is 0.235. The molecule has 1 nitrogen and oxygen atoms in total. The van der Waals surface area contributed by atoms with Crippen LogP contribution in [0.5, 0.6) is 0 Å². The molecular formula is C17H19NS. The summed E-state index contributed by atoms with van der Waals surface area (Å²) in [5, 5.41) is 1.15. The first-order valence-electron chi connectivity index (χ1n) is 6.41. The van der Waals surface area contributed by atoms with Crippen molar-refractivity contribution in [2.24, 2.45) is 4.99 Å². The average Bonchev–Trinajstić information content (AvgIpc) is 2.43. The molecule has 0 aliphatic rings. The normalized spacial score (nSPS) is 11.6. The standard InChI is InChI=1S/C17H19NS/c1-13-4-8-15(9-5-13)12-17(19-3)18-16-10-6-14(2)7-11-16/h4-11H,12H2,1-3H3. The maximum Gasteiger partial charge on any atom is 0.0779 e. The van der Waals surface area contributed by atoms with Crippen molar-refractivity contribution in [3.63, 3.8) is 0 Å². The molecule has 0 aliphatic heterocycles. The van der Waals surface area contributed by atoms with Gasteiger partial charge in [0.05, 0.1) is 10.7 Å². The molecule has 2 aromatic rings. The summed E-state index contributed by atoms with van der Waals surface area (Å²) in [6, 6.07) is 17.0. The summed E-state index contributed by atoms with van der Waals surface area (Å²) >= 11 is 1.72. The molecule has 2 rings (SSSR count). The van der Waals surface area contributed by atoms with Gasteiger partial charge in [-0.25, -0.2) is 4.99 Å². The van der Waals surface area contributed by atoms with E-state index in [0.717, 1.165) is 17.2 Å². The summed E-state index contributed by atoms with van der Waals surface area (Å²) in [6.07, 6.45) is 2.98. The first kappa shape index (κ1) is 13.9. The minimum atomic E-state index is 0.898. The summed E-state index contributed by atoms with van der Waals surface area (Å²) < 4.78 is 0. The lowest BCUT2D eigenvalue weighted by Gasteiger charge is -2.05. The van der Waals surface area contributed by atoms with E-state index in [4.69, 9.17) is 4.99 Å². The van der Waals surface area contributed by atoms with E-state index in [0.29, 0.717) is 0 Å². The van der Waals surface area contributed by atoms with E-state index >= 15 is 0 Å². The third-order valence-corrected chi connectivity index (χ3v) is 3.71. The van der Waals surface area contributed by atoms with Crippen LogP contribution in [0.3, 0.4) is 0 Å². The molecule has 0 fully saturated rings. The van der Waals surface area contributed by atoms with Gasteiger partial charge in [0.2, 0.25) is 0 Å². The van der Waals surface area contributed by atoms with Crippen LogP contribution in [-0.4, -0.2) is 11.3 Å². The highest BCUT2D eigenvalue weighted by atomic mass is 32.2. The summed E-state index contributed by atoms with van der Waals surface area (Å²) in [4.78, 5) is 4.72. The molecular weight excluding hydrogens is 250 g/mol. The van der Waals surface area contributed by atoms with Crippen LogP contribution in [0.2, 0.25) is 0 Å². The summed E-state index contributed by atoms with van der Waals surface area (Å²) in [5.74, 6) is 0. The highest BCUT2D eigenvalue weighted by molar-refractivity contribution is 8.13. The molecule has 19 heavy (non-hydrogen) atoms. The maximum absolute atomic E-state index is 4.72. The van der Waals surface area contributed by atoms with Gasteiger partial charge in [0.25, 0.3) is 0 Å². The molecule has 0 atom stereocenters. The number of aliphatic imine (C=N–C) groups is 1. The molecule has 0 N–H and O–H groups in total. The lowest BCUT2D eigenvalue weighted by molar-refractivity contribution is 1.31. The van der Waals surface area contributed by atoms with Gasteiger partial charge in [-0.1, -0.05) is 47.5 Å². The molecule has 0 heterocycles. The second kappa shape index (κ2) is 6.58. The number of aryl methyl sites for hydroxylation is 2. The van der Waals surface area contributed by atoms with Crippen molar-refractivity contribution in [1.82, 2.24) is 0 Å². The van der Waals surface area contributed by atoms with E-state index in [1.165, 1.54) is 16.7 Å². The van der Waals surface area contributed by atoms with Crippen LogP contribution in [0.15, 0.2) is 53.5 Å². The molecule has 0 amide bonds. The van der Waals surface area contributed by atoms with E-state index in [-0.39, 0.29) is 0 Å². The fourth-order valence-electron chi connectivity index (χ4n) is 1.80. The van der Waals surface area contributed by atoms with Gasteiger partial charge in [0, 0.05) is 6.42 Å². The quantitative estimate of drug-likeness (QED) is 0.568. The Kier molecular flexibility index (Phi) is 4.80. The van der Waals surface area contributed by atoms with Crippen LogP contribution in [0.1, 0.15) is 16.7 Å². The number of thioether (sulfide) groups is 1. The number of nitrogens with zero attached hydrogens (tertiary/aromatic N) is 1. The van der Waals surface area contributed by atoms with Gasteiger partial charge in [-0.05, 0) is 37.8 Å². The zero-order chi connectivity index (χ0) is 13.7. The van der Waals surface area contributed by atoms with Crippen molar-refractivity contribution >= 4 is 22.5 Å². The van der Waals surface area contributed by atoms with Crippen LogP contribution in [0.25, 0.3) is 0 Å². The Labute approximate surface area is 119 Å². The number of hydrogen-bond donors (Lipinski definition) is 0. The zero-order valence-electron chi connectivity index (χ0n) is 11.7. The Hall–Kier alpha value is -1.54. The number of hydrogen-bond acceptors (Lipinski definition) is 2. The Bertz CT molecular complexity index is 553. The monoisotopic (exact) mass is 269 g/mol. The molecule has 98 valence electrons. The molecule has 0 radical (unpaired) electrons. The van der Waals surface area contributed by atoms with E-state index < -0.39 is 0 Å². The van der Waals surface area contributed by atoms with Crippen molar-refractivity contribution in [2.75, 3.05) is 6.26 Å². The van der Waals surface area contributed by atoms with E-state index in [1.54, 1.807) is 11.8 Å². The fourth-order valence-corrected chi connectivity index (χ4v) is 2.31. The predicted molar refractivity (Wildman–Crippen MR) is 86.7 cm³/mol. The Morgan fingerprint density at radius 3 is 1.95 bits per heavy atom. The van der Waals surface area contributed by atoms with Gasteiger partial charge >= 0.3 is 0 Å². The molecule has 0 aliphatic carbocycles. The Balaban J connectivity index is 2.15. The van der Waals surface area contributed by atoms with Gasteiger partial charge in [-0.3, -0.25) is 0 Å². The minimum Gasteiger partial charge on any atom is -0.246 e. The molecule has 0 aromatic heterocycles. The molecule has 0 bridgehead atoms. The minimum absolute atomic E-state index is 0.898. The van der Waals surface area contributed by atoms with Gasteiger partial charge in [0.15, 0.2) is 0 Å². The third kappa shape index (κ3) is 4.25. The molecule has 2 aromatic carbocycles.